The fourth-order valence-electron chi connectivity index (χ4n) is 1.27. The number of aromatic hydroxyl groups is 1. The third-order valence-electron chi connectivity index (χ3n) is 1.97. The van der Waals surface area contributed by atoms with E-state index in [-0.39, 0.29) is 11.5 Å². The third-order valence-corrected chi connectivity index (χ3v) is 2.20. The minimum Gasteiger partial charge on any atom is -0.507 e. The van der Waals surface area contributed by atoms with Crippen LogP contribution in [0, 0.1) is 0 Å². The first-order valence-electron chi connectivity index (χ1n) is 4.24. The molecule has 3 nitrogen and oxygen atoms in total. The van der Waals surface area contributed by atoms with Gasteiger partial charge in [-0.2, -0.15) is 0 Å². The number of carbonyl (C=O) groups is 1. The van der Waals surface area contributed by atoms with Crippen molar-refractivity contribution >= 4 is 17.9 Å². The minimum atomic E-state index is 0.0613. The lowest BCUT2D eigenvalue weighted by atomic mass is 10.1. The number of hydrogen-bond donors (Lipinski definition) is 1. The number of benzene rings is 1. The molecular weight excluding hydrogens is 216 g/mol. The fourth-order valence-corrected chi connectivity index (χ4v) is 1.44. The SMILES string of the molecule is O=Cc1ccc(-c2cc(Cl)ccc2O)o1. The van der Waals surface area contributed by atoms with Gasteiger partial charge in [0.05, 0.1) is 5.56 Å². The molecule has 0 saturated heterocycles. The quantitative estimate of drug-likeness (QED) is 0.795. The number of rotatable bonds is 2. The van der Waals surface area contributed by atoms with Crippen molar-refractivity contribution in [2.75, 3.05) is 0 Å². The standard InChI is InChI=1S/C11H7ClO3/c12-7-1-3-10(14)9(5-7)11-4-2-8(6-13)15-11/h1-6,14H. The molecule has 15 heavy (non-hydrogen) atoms. The van der Waals surface area contributed by atoms with Gasteiger partial charge in [0.25, 0.3) is 0 Å². The maximum Gasteiger partial charge on any atom is 0.185 e. The van der Waals surface area contributed by atoms with Crippen molar-refractivity contribution in [1.82, 2.24) is 0 Å². The lowest BCUT2D eigenvalue weighted by Gasteiger charge is -2.01. The zero-order valence-electron chi connectivity index (χ0n) is 7.61. The maximum absolute atomic E-state index is 10.4. The molecule has 4 heteroatoms. The number of furan rings is 1. The zero-order valence-corrected chi connectivity index (χ0v) is 8.36. The van der Waals surface area contributed by atoms with Crippen molar-refractivity contribution < 1.29 is 14.3 Å². The number of aldehydes is 1. The van der Waals surface area contributed by atoms with Crippen molar-refractivity contribution in [3.8, 4) is 17.1 Å². The van der Waals surface area contributed by atoms with Crippen molar-refractivity contribution in [1.29, 1.82) is 0 Å². The highest BCUT2D eigenvalue weighted by Gasteiger charge is 2.09. The van der Waals surface area contributed by atoms with Gasteiger partial charge in [0.1, 0.15) is 11.5 Å². The van der Waals surface area contributed by atoms with Gasteiger partial charge >= 0.3 is 0 Å². The summed E-state index contributed by atoms with van der Waals surface area (Å²) in [5.74, 6) is 0.688. The Morgan fingerprint density at radius 3 is 2.73 bits per heavy atom. The summed E-state index contributed by atoms with van der Waals surface area (Å²) in [4.78, 5) is 10.4. The first kappa shape index (κ1) is 9.80. The zero-order chi connectivity index (χ0) is 10.8. The second kappa shape index (κ2) is 3.79. The van der Waals surface area contributed by atoms with Crippen molar-refractivity contribution in [2.45, 2.75) is 0 Å². The van der Waals surface area contributed by atoms with E-state index in [1.54, 1.807) is 18.2 Å². The molecular formula is C11H7ClO3. The van der Waals surface area contributed by atoms with Crippen LogP contribution in [0.5, 0.6) is 5.75 Å². The Morgan fingerprint density at radius 2 is 2.07 bits per heavy atom. The molecule has 0 saturated carbocycles. The van der Waals surface area contributed by atoms with E-state index in [4.69, 9.17) is 16.0 Å². The Kier molecular flexibility index (Phi) is 2.47. The molecule has 76 valence electrons. The van der Waals surface area contributed by atoms with Crippen LogP contribution in [0.2, 0.25) is 5.02 Å². The minimum absolute atomic E-state index is 0.0613. The van der Waals surface area contributed by atoms with Crippen LogP contribution in [-0.4, -0.2) is 11.4 Å². The lowest BCUT2D eigenvalue weighted by molar-refractivity contribution is 0.110. The molecule has 0 unspecified atom stereocenters. The van der Waals surface area contributed by atoms with Gasteiger partial charge in [-0.05, 0) is 30.3 Å². The highest BCUT2D eigenvalue weighted by molar-refractivity contribution is 6.30. The Morgan fingerprint density at radius 1 is 1.27 bits per heavy atom. The second-order valence-corrected chi connectivity index (χ2v) is 3.42. The van der Waals surface area contributed by atoms with Crippen molar-refractivity contribution in [2.24, 2.45) is 0 Å². The molecule has 1 N–H and O–H groups in total. The number of phenols is 1. The van der Waals surface area contributed by atoms with Gasteiger partial charge in [-0.1, -0.05) is 11.6 Å². The van der Waals surface area contributed by atoms with Gasteiger partial charge in [-0.15, -0.1) is 0 Å². The molecule has 0 aliphatic rings. The largest absolute Gasteiger partial charge is 0.507 e. The monoisotopic (exact) mass is 222 g/mol. The average Bonchev–Trinajstić information content (AvgIpc) is 2.70. The number of carbonyl (C=O) groups excluding carboxylic acids is 1. The summed E-state index contributed by atoms with van der Waals surface area (Å²) < 4.78 is 5.17. The first-order valence-corrected chi connectivity index (χ1v) is 4.62. The van der Waals surface area contributed by atoms with Gasteiger partial charge in [-0.25, -0.2) is 0 Å². The van der Waals surface area contributed by atoms with Gasteiger partial charge in [0, 0.05) is 5.02 Å². The molecule has 0 spiro atoms. The molecule has 1 aromatic carbocycles. The highest BCUT2D eigenvalue weighted by atomic mass is 35.5. The fraction of sp³-hybridized carbons (Fsp3) is 0. The summed E-state index contributed by atoms with van der Waals surface area (Å²) in [7, 11) is 0. The van der Waals surface area contributed by atoms with Gasteiger partial charge < -0.3 is 9.52 Å². The molecule has 0 aliphatic heterocycles. The highest BCUT2D eigenvalue weighted by Crippen LogP contribution is 2.32. The third kappa shape index (κ3) is 1.87. The van der Waals surface area contributed by atoms with Crippen LogP contribution >= 0.6 is 11.6 Å². The van der Waals surface area contributed by atoms with Crippen LogP contribution < -0.4 is 0 Å². The maximum atomic E-state index is 10.4. The van der Waals surface area contributed by atoms with E-state index in [2.05, 4.69) is 0 Å². The van der Waals surface area contributed by atoms with Crippen molar-refractivity contribution in [3.63, 3.8) is 0 Å². The van der Waals surface area contributed by atoms with Crippen LogP contribution in [0.1, 0.15) is 10.6 Å². The summed E-state index contributed by atoms with van der Waals surface area (Å²) in [6, 6.07) is 7.76. The Hall–Kier alpha value is -1.74. The predicted molar refractivity (Wildman–Crippen MR) is 56.2 cm³/mol. The van der Waals surface area contributed by atoms with Gasteiger partial charge in [-0.3, -0.25) is 4.79 Å². The van der Waals surface area contributed by atoms with E-state index in [1.165, 1.54) is 12.1 Å². The first-order chi connectivity index (χ1) is 7.20. The van der Waals surface area contributed by atoms with E-state index in [0.717, 1.165) is 0 Å². The summed E-state index contributed by atoms with van der Waals surface area (Å²) in [6.45, 7) is 0. The molecule has 0 aliphatic carbocycles. The Labute approximate surface area is 90.9 Å². The Balaban J connectivity index is 2.52. The van der Waals surface area contributed by atoms with Gasteiger partial charge in [0.2, 0.25) is 0 Å². The summed E-state index contributed by atoms with van der Waals surface area (Å²) in [5, 5.41) is 10.1. The lowest BCUT2D eigenvalue weighted by Crippen LogP contribution is -1.76. The molecule has 1 heterocycles. The number of hydrogen-bond acceptors (Lipinski definition) is 3. The topological polar surface area (TPSA) is 50.4 Å². The van der Waals surface area contributed by atoms with Gasteiger partial charge in [0.15, 0.2) is 12.0 Å². The van der Waals surface area contributed by atoms with E-state index in [0.29, 0.717) is 22.6 Å². The molecule has 0 radical (unpaired) electrons. The number of phenolic OH excluding ortho intramolecular Hbond substituents is 1. The Bertz CT molecular complexity index is 502. The average molecular weight is 223 g/mol. The molecule has 0 atom stereocenters. The molecule has 0 amide bonds. The van der Waals surface area contributed by atoms with Crippen molar-refractivity contribution in [3.05, 3.63) is 41.1 Å². The smallest absolute Gasteiger partial charge is 0.185 e. The van der Waals surface area contributed by atoms with E-state index in [9.17, 15) is 9.90 Å². The molecule has 0 bridgehead atoms. The van der Waals surface area contributed by atoms with Crippen LogP contribution in [0.4, 0.5) is 0 Å². The summed E-state index contributed by atoms with van der Waals surface area (Å²) in [5.41, 5.74) is 0.468. The summed E-state index contributed by atoms with van der Waals surface area (Å²) >= 11 is 5.79. The molecule has 1 aromatic heterocycles. The van der Waals surface area contributed by atoms with E-state index < -0.39 is 0 Å². The number of halogens is 1. The van der Waals surface area contributed by atoms with Crippen LogP contribution in [0.15, 0.2) is 34.7 Å². The summed E-state index contributed by atoms with van der Waals surface area (Å²) in [6.07, 6.45) is 0.602. The molecule has 2 aromatic rings. The van der Waals surface area contributed by atoms with Crippen LogP contribution in [0.25, 0.3) is 11.3 Å². The predicted octanol–water partition coefficient (Wildman–Crippen LogP) is 3.12. The second-order valence-electron chi connectivity index (χ2n) is 2.98. The van der Waals surface area contributed by atoms with Crippen LogP contribution in [-0.2, 0) is 0 Å². The normalized spacial score (nSPS) is 10.2. The molecule has 0 fully saturated rings. The van der Waals surface area contributed by atoms with E-state index >= 15 is 0 Å². The van der Waals surface area contributed by atoms with Crippen LogP contribution in [0.3, 0.4) is 0 Å². The molecule has 2 rings (SSSR count). The van der Waals surface area contributed by atoms with E-state index in [1.807, 2.05) is 0 Å².